The molecular formula is C8H14N2O5. The van der Waals surface area contributed by atoms with Crippen LogP contribution in [0.5, 0.6) is 0 Å². The predicted octanol–water partition coefficient (Wildman–Crippen LogP) is -1.93. The Balaban J connectivity index is 3.81. The number of rotatable bonds is 6. The zero-order valence-corrected chi connectivity index (χ0v) is 8.32. The second-order valence-electron chi connectivity index (χ2n) is 2.87. The lowest BCUT2D eigenvalue weighted by Gasteiger charge is -2.11. The molecule has 0 aromatic heterocycles. The minimum atomic E-state index is -1.30. The van der Waals surface area contributed by atoms with Gasteiger partial charge in [-0.1, -0.05) is 0 Å². The van der Waals surface area contributed by atoms with Gasteiger partial charge in [-0.25, -0.2) is 4.79 Å². The molecule has 0 saturated heterocycles. The number of aliphatic hydroxyl groups excluding tert-OH is 1. The van der Waals surface area contributed by atoms with Crippen molar-refractivity contribution in [1.82, 2.24) is 10.6 Å². The number of aliphatic hydroxyl groups is 1. The van der Waals surface area contributed by atoms with Crippen LogP contribution in [0.1, 0.15) is 13.3 Å². The SMILES string of the molecule is CC(=O)NCCC(=O)N[C@H](CO)C(=O)O. The zero-order valence-electron chi connectivity index (χ0n) is 8.32. The van der Waals surface area contributed by atoms with Crippen LogP contribution >= 0.6 is 0 Å². The first-order valence-corrected chi connectivity index (χ1v) is 4.34. The standard InChI is InChI=1S/C8H14N2O5/c1-5(12)9-3-2-7(13)10-6(4-11)8(14)15/h6,11H,2-4H2,1H3,(H,9,12)(H,10,13)(H,14,15)/t6-/m1/s1. The van der Waals surface area contributed by atoms with Crippen LogP contribution in [0.2, 0.25) is 0 Å². The summed E-state index contributed by atoms with van der Waals surface area (Å²) in [5.74, 6) is -2.10. The molecular weight excluding hydrogens is 204 g/mol. The highest BCUT2D eigenvalue weighted by molar-refractivity contribution is 5.84. The third-order valence-electron chi connectivity index (χ3n) is 1.54. The molecule has 1 atom stereocenters. The summed E-state index contributed by atoms with van der Waals surface area (Å²) >= 11 is 0. The lowest BCUT2D eigenvalue weighted by Crippen LogP contribution is -2.44. The third-order valence-corrected chi connectivity index (χ3v) is 1.54. The zero-order chi connectivity index (χ0) is 11.8. The Morgan fingerprint density at radius 3 is 2.33 bits per heavy atom. The van der Waals surface area contributed by atoms with E-state index in [0.717, 1.165) is 0 Å². The highest BCUT2D eigenvalue weighted by atomic mass is 16.4. The fourth-order valence-corrected chi connectivity index (χ4v) is 0.804. The molecule has 0 bridgehead atoms. The number of hydrogen-bond acceptors (Lipinski definition) is 4. The molecule has 4 N–H and O–H groups in total. The second kappa shape index (κ2) is 6.77. The van der Waals surface area contributed by atoms with Crippen LogP contribution in [0.4, 0.5) is 0 Å². The van der Waals surface area contributed by atoms with Crippen LogP contribution in [0, 0.1) is 0 Å². The molecule has 0 aliphatic rings. The maximum atomic E-state index is 11.1. The number of hydrogen-bond donors (Lipinski definition) is 4. The summed E-state index contributed by atoms with van der Waals surface area (Å²) in [5.41, 5.74) is 0. The molecule has 0 unspecified atom stereocenters. The Morgan fingerprint density at radius 2 is 1.93 bits per heavy atom. The van der Waals surface area contributed by atoms with Gasteiger partial charge in [0, 0.05) is 19.9 Å². The Hall–Kier alpha value is -1.63. The Bertz CT molecular complexity index is 253. The first-order valence-electron chi connectivity index (χ1n) is 4.34. The van der Waals surface area contributed by atoms with Crippen molar-refractivity contribution in [3.63, 3.8) is 0 Å². The van der Waals surface area contributed by atoms with Gasteiger partial charge in [-0.2, -0.15) is 0 Å². The van der Waals surface area contributed by atoms with E-state index in [4.69, 9.17) is 10.2 Å². The molecule has 15 heavy (non-hydrogen) atoms. The van der Waals surface area contributed by atoms with Crippen LogP contribution in [0.25, 0.3) is 0 Å². The molecule has 0 radical (unpaired) electrons. The number of carbonyl (C=O) groups is 3. The molecule has 0 spiro atoms. The summed E-state index contributed by atoms with van der Waals surface area (Å²) < 4.78 is 0. The number of carbonyl (C=O) groups excluding carboxylic acids is 2. The molecule has 7 nitrogen and oxygen atoms in total. The molecule has 0 aliphatic carbocycles. The van der Waals surface area contributed by atoms with Crippen LogP contribution in [-0.4, -0.2) is 47.2 Å². The van der Waals surface area contributed by atoms with Gasteiger partial charge in [-0.05, 0) is 0 Å². The van der Waals surface area contributed by atoms with E-state index in [-0.39, 0.29) is 18.9 Å². The van der Waals surface area contributed by atoms with Crippen molar-refractivity contribution in [2.24, 2.45) is 0 Å². The molecule has 0 rings (SSSR count). The largest absolute Gasteiger partial charge is 0.480 e. The monoisotopic (exact) mass is 218 g/mol. The average molecular weight is 218 g/mol. The molecule has 0 aliphatic heterocycles. The number of aliphatic carboxylic acids is 1. The molecule has 0 fully saturated rings. The topological polar surface area (TPSA) is 116 Å². The Kier molecular flexibility index (Phi) is 6.03. The third kappa shape index (κ3) is 6.44. The van der Waals surface area contributed by atoms with Gasteiger partial charge in [0.1, 0.15) is 6.04 Å². The first-order chi connectivity index (χ1) is 6.97. The van der Waals surface area contributed by atoms with Crippen molar-refractivity contribution < 1.29 is 24.6 Å². The number of amides is 2. The van der Waals surface area contributed by atoms with Crippen molar-refractivity contribution in [3.05, 3.63) is 0 Å². The minimum Gasteiger partial charge on any atom is -0.480 e. The van der Waals surface area contributed by atoms with E-state index in [2.05, 4.69) is 10.6 Å². The average Bonchev–Trinajstić information content (AvgIpc) is 2.13. The summed E-state index contributed by atoms with van der Waals surface area (Å²) in [4.78, 5) is 31.9. The lowest BCUT2D eigenvalue weighted by molar-refractivity contribution is -0.143. The van der Waals surface area contributed by atoms with Crippen LogP contribution in [0.3, 0.4) is 0 Å². The van der Waals surface area contributed by atoms with Crippen molar-refractivity contribution in [2.75, 3.05) is 13.2 Å². The predicted molar refractivity (Wildman–Crippen MR) is 50.0 cm³/mol. The number of carboxylic acid groups (broad SMARTS) is 1. The summed E-state index contributed by atoms with van der Waals surface area (Å²) in [5, 5.41) is 21.6. The van der Waals surface area contributed by atoms with Crippen molar-refractivity contribution in [1.29, 1.82) is 0 Å². The van der Waals surface area contributed by atoms with Crippen LogP contribution in [-0.2, 0) is 14.4 Å². The van der Waals surface area contributed by atoms with Gasteiger partial charge in [0.2, 0.25) is 11.8 Å². The minimum absolute atomic E-state index is 0.0244. The van der Waals surface area contributed by atoms with Gasteiger partial charge in [0.05, 0.1) is 6.61 Å². The molecule has 0 aromatic rings. The van der Waals surface area contributed by atoms with E-state index < -0.39 is 24.5 Å². The van der Waals surface area contributed by atoms with Crippen molar-refractivity contribution in [2.45, 2.75) is 19.4 Å². The van der Waals surface area contributed by atoms with Crippen molar-refractivity contribution >= 4 is 17.8 Å². The maximum absolute atomic E-state index is 11.1. The van der Waals surface area contributed by atoms with Crippen LogP contribution in [0.15, 0.2) is 0 Å². The highest BCUT2D eigenvalue weighted by Gasteiger charge is 2.17. The molecule has 7 heteroatoms. The first kappa shape index (κ1) is 13.4. The van der Waals surface area contributed by atoms with E-state index in [1.54, 1.807) is 0 Å². The van der Waals surface area contributed by atoms with E-state index in [1.165, 1.54) is 6.92 Å². The fraction of sp³-hybridized carbons (Fsp3) is 0.625. The molecule has 0 aromatic carbocycles. The molecule has 2 amide bonds. The highest BCUT2D eigenvalue weighted by Crippen LogP contribution is 1.85. The number of nitrogens with one attached hydrogen (secondary N) is 2. The Labute approximate surface area is 86.5 Å². The molecule has 0 saturated carbocycles. The normalized spacial score (nSPS) is 11.6. The van der Waals surface area contributed by atoms with Gasteiger partial charge in [-0.15, -0.1) is 0 Å². The second-order valence-corrected chi connectivity index (χ2v) is 2.87. The Morgan fingerprint density at radius 1 is 1.33 bits per heavy atom. The van der Waals surface area contributed by atoms with Gasteiger partial charge >= 0.3 is 5.97 Å². The van der Waals surface area contributed by atoms with Gasteiger partial charge < -0.3 is 20.8 Å². The lowest BCUT2D eigenvalue weighted by atomic mass is 10.3. The van der Waals surface area contributed by atoms with Crippen molar-refractivity contribution in [3.8, 4) is 0 Å². The van der Waals surface area contributed by atoms with E-state index in [9.17, 15) is 14.4 Å². The smallest absolute Gasteiger partial charge is 0.328 e. The van der Waals surface area contributed by atoms with E-state index in [1.807, 2.05) is 0 Å². The molecule has 0 heterocycles. The van der Waals surface area contributed by atoms with Gasteiger partial charge in [0.15, 0.2) is 0 Å². The summed E-state index contributed by atoms with van der Waals surface area (Å²) in [6, 6.07) is -1.30. The number of carboxylic acids is 1. The van der Waals surface area contributed by atoms with Crippen LogP contribution < -0.4 is 10.6 Å². The summed E-state index contributed by atoms with van der Waals surface area (Å²) in [6.45, 7) is 0.784. The summed E-state index contributed by atoms with van der Waals surface area (Å²) in [7, 11) is 0. The van der Waals surface area contributed by atoms with Gasteiger partial charge in [0.25, 0.3) is 0 Å². The maximum Gasteiger partial charge on any atom is 0.328 e. The quantitative estimate of drug-likeness (QED) is 0.414. The fourth-order valence-electron chi connectivity index (χ4n) is 0.804. The van der Waals surface area contributed by atoms with E-state index >= 15 is 0 Å². The van der Waals surface area contributed by atoms with Gasteiger partial charge in [-0.3, -0.25) is 9.59 Å². The molecule has 86 valence electrons. The summed E-state index contributed by atoms with van der Waals surface area (Å²) in [6.07, 6.45) is -0.0244. The van der Waals surface area contributed by atoms with E-state index in [0.29, 0.717) is 0 Å².